The summed E-state index contributed by atoms with van der Waals surface area (Å²) in [6, 6.07) is 15.9. The van der Waals surface area contributed by atoms with E-state index in [-0.39, 0.29) is 18.1 Å². The molecule has 1 heterocycles. The molecule has 1 N–H and O–H groups in total. The number of carbonyl (C=O) groups is 1. The zero-order valence-electron chi connectivity index (χ0n) is 15.8. The summed E-state index contributed by atoms with van der Waals surface area (Å²) in [5.74, 6) is 0.563. The molecule has 3 rings (SSSR count). The van der Waals surface area contributed by atoms with Crippen LogP contribution in [0.15, 0.2) is 54.6 Å². The van der Waals surface area contributed by atoms with Gasteiger partial charge in [0.05, 0.1) is 13.7 Å². The Morgan fingerprint density at radius 2 is 1.74 bits per heavy atom. The van der Waals surface area contributed by atoms with Gasteiger partial charge in [0.1, 0.15) is 11.6 Å². The quantitative estimate of drug-likeness (QED) is 0.637. The second-order valence-electron chi connectivity index (χ2n) is 6.47. The SMILES string of the molecule is COc1ccc(CNCC(=O)c2cc(C)n(-c3ccc(F)cc3)c2C)cc1. The van der Waals surface area contributed by atoms with Gasteiger partial charge in [-0.1, -0.05) is 12.1 Å². The fourth-order valence-corrected chi connectivity index (χ4v) is 3.19. The molecule has 1 aromatic heterocycles. The highest BCUT2D eigenvalue weighted by Gasteiger charge is 2.16. The summed E-state index contributed by atoms with van der Waals surface area (Å²) in [5, 5.41) is 3.19. The number of nitrogens with one attached hydrogen (secondary N) is 1. The van der Waals surface area contributed by atoms with Crippen LogP contribution in [-0.2, 0) is 6.54 Å². The molecule has 5 heteroatoms. The van der Waals surface area contributed by atoms with Crippen molar-refractivity contribution < 1.29 is 13.9 Å². The molecule has 0 unspecified atom stereocenters. The Kier molecular flexibility index (Phi) is 5.72. The van der Waals surface area contributed by atoms with Gasteiger partial charge < -0.3 is 14.6 Å². The lowest BCUT2D eigenvalue weighted by molar-refractivity contribution is 0.0990. The van der Waals surface area contributed by atoms with Crippen molar-refractivity contribution in [1.29, 1.82) is 0 Å². The number of carbonyl (C=O) groups excluding carboxylic acids is 1. The zero-order chi connectivity index (χ0) is 19.4. The number of halogens is 1. The molecule has 0 aliphatic rings. The number of ketones is 1. The standard InChI is InChI=1S/C22H23FN2O2/c1-15-12-21(16(2)25(15)19-8-6-18(23)7-9-19)22(26)14-24-13-17-4-10-20(27-3)11-5-17/h4-12,24H,13-14H2,1-3H3. The number of methoxy groups -OCH3 is 1. The van der Waals surface area contributed by atoms with E-state index in [1.54, 1.807) is 19.2 Å². The third kappa shape index (κ3) is 4.26. The van der Waals surface area contributed by atoms with Crippen molar-refractivity contribution in [3.05, 3.63) is 82.9 Å². The first-order valence-corrected chi connectivity index (χ1v) is 8.81. The van der Waals surface area contributed by atoms with Gasteiger partial charge in [0, 0.05) is 29.2 Å². The molecule has 27 heavy (non-hydrogen) atoms. The van der Waals surface area contributed by atoms with Crippen LogP contribution >= 0.6 is 0 Å². The number of nitrogens with zero attached hydrogens (tertiary/aromatic N) is 1. The van der Waals surface area contributed by atoms with E-state index in [1.807, 2.05) is 48.7 Å². The van der Waals surface area contributed by atoms with Crippen LogP contribution in [0.3, 0.4) is 0 Å². The molecule has 0 radical (unpaired) electrons. The Hall–Kier alpha value is -2.92. The molecule has 0 amide bonds. The van der Waals surface area contributed by atoms with Gasteiger partial charge in [-0.3, -0.25) is 4.79 Å². The molecule has 0 spiro atoms. The topological polar surface area (TPSA) is 43.3 Å². The first-order chi connectivity index (χ1) is 13.0. The Bertz CT molecular complexity index is 928. The second-order valence-corrected chi connectivity index (χ2v) is 6.47. The van der Waals surface area contributed by atoms with Crippen LogP contribution in [0.2, 0.25) is 0 Å². The van der Waals surface area contributed by atoms with Crippen LogP contribution in [0.25, 0.3) is 5.69 Å². The van der Waals surface area contributed by atoms with Crippen molar-refractivity contribution in [1.82, 2.24) is 9.88 Å². The predicted molar refractivity (Wildman–Crippen MR) is 104 cm³/mol. The smallest absolute Gasteiger partial charge is 0.178 e. The monoisotopic (exact) mass is 366 g/mol. The third-order valence-electron chi connectivity index (χ3n) is 4.59. The number of Topliss-reactive ketones (excluding diaryl/α,β-unsaturated/α-hetero) is 1. The van der Waals surface area contributed by atoms with E-state index in [1.165, 1.54) is 12.1 Å². The van der Waals surface area contributed by atoms with Crippen molar-refractivity contribution in [3.8, 4) is 11.4 Å². The number of benzene rings is 2. The van der Waals surface area contributed by atoms with E-state index < -0.39 is 0 Å². The molecule has 0 atom stereocenters. The molecule has 0 saturated carbocycles. The molecule has 0 aliphatic carbocycles. The first-order valence-electron chi connectivity index (χ1n) is 8.81. The summed E-state index contributed by atoms with van der Waals surface area (Å²) in [6.07, 6.45) is 0. The summed E-state index contributed by atoms with van der Waals surface area (Å²) in [5.41, 5.74) is 4.41. The van der Waals surface area contributed by atoms with Gasteiger partial charge in [-0.2, -0.15) is 0 Å². The molecule has 0 bridgehead atoms. The summed E-state index contributed by atoms with van der Waals surface area (Å²) < 4.78 is 20.3. The van der Waals surface area contributed by atoms with Gasteiger partial charge in [0.25, 0.3) is 0 Å². The summed E-state index contributed by atoms with van der Waals surface area (Å²) >= 11 is 0. The molecule has 140 valence electrons. The van der Waals surface area contributed by atoms with E-state index in [4.69, 9.17) is 4.74 Å². The maximum absolute atomic E-state index is 13.2. The van der Waals surface area contributed by atoms with Crippen molar-refractivity contribution in [2.24, 2.45) is 0 Å². The molecule has 0 fully saturated rings. The van der Waals surface area contributed by atoms with Crippen LogP contribution in [0.5, 0.6) is 5.75 Å². The molecule has 0 saturated heterocycles. The lowest BCUT2D eigenvalue weighted by Crippen LogP contribution is -2.23. The van der Waals surface area contributed by atoms with E-state index in [0.29, 0.717) is 12.1 Å². The van der Waals surface area contributed by atoms with Crippen molar-refractivity contribution in [2.75, 3.05) is 13.7 Å². The third-order valence-corrected chi connectivity index (χ3v) is 4.59. The molecular weight excluding hydrogens is 343 g/mol. The minimum absolute atomic E-state index is 0.0324. The van der Waals surface area contributed by atoms with Crippen LogP contribution in [0.4, 0.5) is 4.39 Å². The summed E-state index contributed by atoms with van der Waals surface area (Å²) in [4.78, 5) is 12.7. The van der Waals surface area contributed by atoms with Crippen molar-refractivity contribution in [3.63, 3.8) is 0 Å². The van der Waals surface area contributed by atoms with Gasteiger partial charge in [0.15, 0.2) is 5.78 Å². The highest BCUT2D eigenvalue weighted by atomic mass is 19.1. The van der Waals surface area contributed by atoms with E-state index in [0.717, 1.165) is 28.4 Å². The van der Waals surface area contributed by atoms with E-state index in [2.05, 4.69) is 5.32 Å². The Labute approximate surface area is 158 Å². The lowest BCUT2D eigenvalue weighted by atomic mass is 10.1. The highest BCUT2D eigenvalue weighted by Crippen LogP contribution is 2.21. The molecule has 0 aliphatic heterocycles. The number of aromatic nitrogens is 1. The Morgan fingerprint density at radius 3 is 2.37 bits per heavy atom. The summed E-state index contributed by atoms with van der Waals surface area (Å²) in [6.45, 7) is 4.71. The normalized spacial score (nSPS) is 10.8. The fourth-order valence-electron chi connectivity index (χ4n) is 3.19. The number of rotatable bonds is 7. The number of ether oxygens (including phenoxy) is 1. The van der Waals surface area contributed by atoms with Gasteiger partial charge in [0.2, 0.25) is 0 Å². The van der Waals surface area contributed by atoms with Gasteiger partial charge in [-0.05, 0) is 61.9 Å². The minimum Gasteiger partial charge on any atom is -0.497 e. The average molecular weight is 366 g/mol. The van der Waals surface area contributed by atoms with Crippen LogP contribution in [-0.4, -0.2) is 24.0 Å². The van der Waals surface area contributed by atoms with Crippen molar-refractivity contribution in [2.45, 2.75) is 20.4 Å². The molecule has 2 aromatic carbocycles. The zero-order valence-corrected chi connectivity index (χ0v) is 15.8. The maximum atomic E-state index is 13.2. The Balaban J connectivity index is 1.68. The number of hydrogen-bond donors (Lipinski definition) is 1. The van der Waals surface area contributed by atoms with Gasteiger partial charge >= 0.3 is 0 Å². The van der Waals surface area contributed by atoms with E-state index >= 15 is 0 Å². The molecule has 4 nitrogen and oxygen atoms in total. The van der Waals surface area contributed by atoms with Crippen molar-refractivity contribution >= 4 is 5.78 Å². The number of aryl methyl sites for hydroxylation is 1. The largest absolute Gasteiger partial charge is 0.497 e. The van der Waals surface area contributed by atoms with Crippen LogP contribution in [0.1, 0.15) is 27.3 Å². The maximum Gasteiger partial charge on any atom is 0.178 e. The fraction of sp³-hybridized carbons (Fsp3) is 0.227. The van der Waals surface area contributed by atoms with Gasteiger partial charge in [-0.25, -0.2) is 4.39 Å². The molecule has 3 aromatic rings. The average Bonchev–Trinajstić information content (AvgIpc) is 2.97. The predicted octanol–water partition coefficient (Wildman–Crippen LogP) is 4.21. The highest BCUT2D eigenvalue weighted by molar-refractivity contribution is 5.99. The van der Waals surface area contributed by atoms with E-state index in [9.17, 15) is 9.18 Å². The Morgan fingerprint density at radius 1 is 1.07 bits per heavy atom. The second kappa shape index (κ2) is 8.18. The molecular formula is C22H23FN2O2. The summed E-state index contributed by atoms with van der Waals surface area (Å²) in [7, 11) is 1.63. The van der Waals surface area contributed by atoms with Crippen LogP contribution in [0, 0.1) is 19.7 Å². The van der Waals surface area contributed by atoms with Gasteiger partial charge in [-0.15, -0.1) is 0 Å². The lowest BCUT2D eigenvalue weighted by Gasteiger charge is -2.10. The minimum atomic E-state index is -0.278. The first kappa shape index (κ1) is 18.9. The van der Waals surface area contributed by atoms with Crippen LogP contribution < -0.4 is 10.1 Å². The number of hydrogen-bond acceptors (Lipinski definition) is 3.